The summed E-state index contributed by atoms with van der Waals surface area (Å²) in [5.41, 5.74) is 3.13. The Morgan fingerprint density at radius 1 is 1.43 bits per heavy atom. The van der Waals surface area contributed by atoms with Gasteiger partial charge in [-0.15, -0.1) is 0 Å². The second kappa shape index (κ2) is 6.02. The van der Waals surface area contributed by atoms with Crippen LogP contribution in [0, 0.1) is 0 Å². The maximum Gasteiger partial charge on any atom is 0.233 e. The fraction of sp³-hybridized carbons (Fsp3) is 0.909. The maximum atomic E-state index is 11.2. The molecule has 3 nitrogen and oxygen atoms in total. The van der Waals surface area contributed by atoms with Gasteiger partial charge < -0.3 is 0 Å². The number of nitrogens with one attached hydrogen (secondary N) is 1. The molecular weight excluding hydrogens is 176 g/mol. The number of carbonyl (C=O) groups excluding carboxylic acids is 1. The molecule has 0 radical (unpaired) electrons. The van der Waals surface area contributed by atoms with Crippen molar-refractivity contribution in [3.8, 4) is 0 Å². The van der Waals surface area contributed by atoms with Crippen LogP contribution in [0.2, 0.25) is 0 Å². The van der Waals surface area contributed by atoms with Crippen molar-refractivity contribution in [2.24, 2.45) is 0 Å². The standard InChI is InChI=1S/C11H22N2O/c1-3-4-5-6-7-11-8-9-12-13(11)10(2)14/h11-12H,3-9H2,1-2H3. The first-order valence-corrected chi connectivity index (χ1v) is 5.79. The van der Waals surface area contributed by atoms with E-state index < -0.39 is 0 Å². The summed E-state index contributed by atoms with van der Waals surface area (Å²) in [6.07, 6.45) is 7.43. The summed E-state index contributed by atoms with van der Waals surface area (Å²) in [6, 6.07) is 0.448. The molecule has 0 aromatic heterocycles. The van der Waals surface area contributed by atoms with Gasteiger partial charge in [-0.05, 0) is 12.8 Å². The molecule has 1 saturated heterocycles. The van der Waals surface area contributed by atoms with Crippen molar-refractivity contribution in [2.75, 3.05) is 6.54 Å². The molecule has 0 bridgehead atoms. The average Bonchev–Trinajstić information content (AvgIpc) is 2.60. The van der Waals surface area contributed by atoms with E-state index in [4.69, 9.17) is 0 Å². The zero-order chi connectivity index (χ0) is 10.4. The molecule has 1 unspecified atom stereocenters. The Morgan fingerprint density at radius 3 is 2.86 bits per heavy atom. The number of hydrogen-bond acceptors (Lipinski definition) is 2. The Labute approximate surface area is 86.8 Å². The van der Waals surface area contributed by atoms with Crippen LogP contribution in [-0.2, 0) is 4.79 Å². The monoisotopic (exact) mass is 198 g/mol. The highest BCUT2D eigenvalue weighted by Crippen LogP contribution is 2.16. The molecule has 0 aromatic rings. The summed E-state index contributed by atoms with van der Waals surface area (Å²) in [4.78, 5) is 11.2. The summed E-state index contributed by atoms with van der Waals surface area (Å²) in [5, 5.41) is 1.81. The third kappa shape index (κ3) is 3.29. The van der Waals surface area contributed by atoms with E-state index in [1.54, 1.807) is 6.92 Å². The lowest BCUT2D eigenvalue weighted by atomic mass is 10.1. The van der Waals surface area contributed by atoms with Crippen LogP contribution < -0.4 is 5.43 Å². The van der Waals surface area contributed by atoms with Crippen LogP contribution in [0.1, 0.15) is 52.4 Å². The molecule has 1 rings (SSSR count). The van der Waals surface area contributed by atoms with Crippen molar-refractivity contribution in [1.29, 1.82) is 0 Å². The normalized spacial score (nSPS) is 21.6. The number of carbonyl (C=O) groups is 1. The Kier molecular flexibility index (Phi) is 4.94. The van der Waals surface area contributed by atoms with Crippen molar-refractivity contribution in [1.82, 2.24) is 10.4 Å². The quantitative estimate of drug-likeness (QED) is 0.686. The van der Waals surface area contributed by atoms with Gasteiger partial charge in [0.25, 0.3) is 0 Å². The highest BCUT2D eigenvalue weighted by atomic mass is 16.2. The van der Waals surface area contributed by atoms with E-state index in [1.807, 2.05) is 5.01 Å². The van der Waals surface area contributed by atoms with Crippen molar-refractivity contribution >= 4 is 5.91 Å². The summed E-state index contributed by atoms with van der Waals surface area (Å²) in [7, 11) is 0. The summed E-state index contributed by atoms with van der Waals surface area (Å²) >= 11 is 0. The first-order valence-electron chi connectivity index (χ1n) is 5.79. The molecule has 1 heterocycles. The van der Waals surface area contributed by atoms with Gasteiger partial charge in [0.15, 0.2) is 0 Å². The number of rotatable bonds is 5. The van der Waals surface area contributed by atoms with Crippen LogP contribution in [0.5, 0.6) is 0 Å². The van der Waals surface area contributed by atoms with E-state index in [2.05, 4.69) is 12.3 Å². The van der Waals surface area contributed by atoms with Gasteiger partial charge in [0.1, 0.15) is 0 Å². The Balaban J connectivity index is 2.19. The van der Waals surface area contributed by atoms with Crippen molar-refractivity contribution < 1.29 is 4.79 Å². The molecule has 1 aliphatic heterocycles. The zero-order valence-corrected chi connectivity index (χ0v) is 9.38. The topological polar surface area (TPSA) is 32.3 Å². The van der Waals surface area contributed by atoms with Crippen LogP contribution in [0.25, 0.3) is 0 Å². The molecular formula is C11H22N2O. The number of nitrogens with zero attached hydrogens (tertiary/aromatic N) is 1. The Bertz CT molecular complexity index is 182. The van der Waals surface area contributed by atoms with Crippen LogP contribution >= 0.6 is 0 Å². The van der Waals surface area contributed by atoms with Crippen LogP contribution in [0.4, 0.5) is 0 Å². The van der Waals surface area contributed by atoms with E-state index in [0.717, 1.165) is 19.4 Å². The molecule has 14 heavy (non-hydrogen) atoms. The second-order valence-corrected chi connectivity index (χ2v) is 4.09. The van der Waals surface area contributed by atoms with Gasteiger partial charge in [0, 0.05) is 19.5 Å². The maximum absolute atomic E-state index is 11.2. The van der Waals surface area contributed by atoms with E-state index in [0.29, 0.717) is 6.04 Å². The third-order valence-electron chi connectivity index (χ3n) is 2.86. The molecule has 82 valence electrons. The third-order valence-corrected chi connectivity index (χ3v) is 2.86. The smallest absolute Gasteiger partial charge is 0.233 e. The molecule has 1 atom stereocenters. The van der Waals surface area contributed by atoms with Gasteiger partial charge in [-0.1, -0.05) is 32.6 Å². The predicted octanol–water partition coefficient (Wildman–Crippen LogP) is 2.08. The molecule has 1 fully saturated rings. The zero-order valence-electron chi connectivity index (χ0n) is 9.38. The minimum absolute atomic E-state index is 0.156. The van der Waals surface area contributed by atoms with Crippen molar-refractivity contribution in [3.63, 3.8) is 0 Å². The highest BCUT2D eigenvalue weighted by molar-refractivity contribution is 5.73. The molecule has 0 aliphatic carbocycles. The summed E-state index contributed by atoms with van der Waals surface area (Å²) in [5.74, 6) is 0.156. The average molecular weight is 198 g/mol. The van der Waals surface area contributed by atoms with Gasteiger partial charge in [0.05, 0.1) is 0 Å². The fourth-order valence-corrected chi connectivity index (χ4v) is 2.06. The van der Waals surface area contributed by atoms with E-state index in [9.17, 15) is 4.79 Å². The lowest BCUT2D eigenvalue weighted by Gasteiger charge is -2.22. The number of hydrogen-bond donors (Lipinski definition) is 1. The molecule has 1 amide bonds. The number of amides is 1. The van der Waals surface area contributed by atoms with Crippen LogP contribution in [-0.4, -0.2) is 23.5 Å². The summed E-state index contributed by atoms with van der Waals surface area (Å²) < 4.78 is 0. The minimum atomic E-state index is 0.156. The first-order chi connectivity index (χ1) is 6.75. The SMILES string of the molecule is CCCCCCC1CCNN1C(C)=O. The molecule has 0 spiro atoms. The summed E-state index contributed by atoms with van der Waals surface area (Å²) in [6.45, 7) is 4.81. The van der Waals surface area contributed by atoms with Gasteiger partial charge in [0.2, 0.25) is 5.91 Å². The predicted molar refractivity (Wildman–Crippen MR) is 57.7 cm³/mol. The molecule has 1 aliphatic rings. The lowest BCUT2D eigenvalue weighted by Crippen LogP contribution is -2.40. The van der Waals surface area contributed by atoms with Crippen molar-refractivity contribution in [3.05, 3.63) is 0 Å². The van der Waals surface area contributed by atoms with Crippen molar-refractivity contribution in [2.45, 2.75) is 58.4 Å². The Hall–Kier alpha value is -0.570. The molecule has 0 saturated carbocycles. The second-order valence-electron chi connectivity index (χ2n) is 4.09. The fourth-order valence-electron chi connectivity index (χ4n) is 2.06. The molecule has 1 N–H and O–H groups in total. The van der Waals surface area contributed by atoms with E-state index in [1.165, 1.54) is 25.7 Å². The van der Waals surface area contributed by atoms with Crippen LogP contribution in [0.3, 0.4) is 0 Å². The van der Waals surface area contributed by atoms with Gasteiger partial charge in [-0.25, -0.2) is 5.43 Å². The number of unbranched alkanes of at least 4 members (excludes halogenated alkanes) is 3. The van der Waals surface area contributed by atoms with Gasteiger partial charge >= 0.3 is 0 Å². The Morgan fingerprint density at radius 2 is 2.21 bits per heavy atom. The highest BCUT2D eigenvalue weighted by Gasteiger charge is 2.25. The van der Waals surface area contributed by atoms with Gasteiger partial charge in [-0.2, -0.15) is 0 Å². The molecule has 0 aromatic carbocycles. The van der Waals surface area contributed by atoms with Crippen LogP contribution in [0.15, 0.2) is 0 Å². The largest absolute Gasteiger partial charge is 0.275 e. The van der Waals surface area contributed by atoms with E-state index in [-0.39, 0.29) is 5.91 Å². The van der Waals surface area contributed by atoms with Gasteiger partial charge in [-0.3, -0.25) is 9.80 Å². The minimum Gasteiger partial charge on any atom is -0.275 e. The first kappa shape index (κ1) is 11.5. The molecule has 3 heteroatoms. The van der Waals surface area contributed by atoms with E-state index >= 15 is 0 Å². The lowest BCUT2D eigenvalue weighted by molar-refractivity contribution is -0.132. The number of hydrazine groups is 1.